The first-order chi connectivity index (χ1) is 14.7. The molecular formula is C23H22N2O4S. The molecule has 4 rings (SSSR count). The molecule has 0 aliphatic rings. The molecule has 0 aliphatic heterocycles. The number of carbonyl (C=O) groups excluding carboxylic acids is 1. The first-order valence-electron chi connectivity index (χ1n) is 9.57. The van der Waals surface area contributed by atoms with Crippen molar-refractivity contribution in [3.8, 4) is 11.5 Å². The Bertz CT molecular complexity index is 1080. The fourth-order valence-electron chi connectivity index (χ4n) is 3.24. The van der Waals surface area contributed by atoms with Gasteiger partial charge in [-0.15, -0.1) is 0 Å². The number of anilines is 1. The summed E-state index contributed by atoms with van der Waals surface area (Å²) >= 11 is 1.41. The molecule has 7 heteroatoms. The summed E-state index contributed by atoms with van der Waals surface area (Å²) in [4.78, 5) is 19.6. The molecule has 0 atom stereocenters. The number of amides is 1. The fraction of sp³-hybridized carbons (Fsp3) is 0.217. The van der Waals surface area contributed by atoms with Crippen molar-refractivity contribution in [2.24, 2.45) is 0 Å². The molecule has 2 heterocycles. The Morgan fingerprint density at radius 3 is 2.50 bits per heavy atom. The van der Waals surface area contributed by atoms with Crippen LogP contribution in [0.5, 0.6) is 11.5 Å². The van der Waals surface area contributed by atoms with E-state index in [0.717, 1.165) is 10.3 Å². The zero-order valence-electron chi connectivity index (χ0n) is 16.8. The molecule has 0 bridgehead atoms. The summed E-state index contributed by atoms with van der Waals surface area (Å²) in [6.07, 6.45) is 2.63. The van der Waals surface area contributed by atoms with Crippen LogP contribution in [0.3, 0.4) is 0 Å². The maximum absolute atomic E-state index is 13.2. The molecule has 30 heavy (non-hydrogen) atoms. The number of fused-ring (bicyclic) bond motifs is 1. The highest BCUT2D eigenvalue weighted by Crippen LogP contribution is 2.40. The summed E-state index contributed by atoms with van der Waals surface area (Å²) in [6.45, 7) is 0.311. The van der Waals surface area contributed by atoms with E-state index in [0.29, 0.717) is 47.3 Å². The van der Waals surface area contributed by atoms with Crippen LogP contribution < -0.4 is 14.4 Å². The Morgan fingerprint density at radius 2 is 1.80 bits per heavy atom. The van der Waals surface area contributed by atoms with Crippen LogP contribution in [0.4, 0.5) is 5.13 Å². The van der Waals surface area contributed by atoms with Crippen LogP contribution in [-0.2, 0) is 17.8 Å². The van der Waals surface area contributed by atoms with Crippen LogP contribution in [-0.4, -0.2) is 25.1 Å². The van der Waals surface area contributed by atoms with Crippen molar-refractivity contribution >= 4 is 32.6 Å². The summed E-state index contributed by atoms with van der Waals surface area (Å²) in [6, 6.07) is 17.3. The summed E-state index contributed by atoms with van der Waals surface area (Å²) in [5.74, 6) is 2.01. The van der Waals surface area contributed by atoms with Gasteiger partial charge in [0.2, 0.25) is 5.91 Å². The van der Waals surface area contributed by atoms with Gasteiger partial charge in [0.15, 0.2) is 5.13 Å². The SMILES string of the molecule is COc1ccc(OC)c2sc(N(Cc3ccco3)C(=O)CCc3ccccc3)nc12. The van der Waals surface area contributed by atoms with Gasteiger partial charge in [0, 0.05) is 6.42 Å². The lowest BCUT2D eigenvalue weighted by atomic mass is 10.1. The number of aryl methyl sites for hydroxylation is 1. The predicted molar refractivity (Wildman–Crippen MR) is 117 cm³/mol. The third-order valence-electron chi connectivity index (χ3n) is 4.80. The number of benzene rings is 2. The van der Waals surface area contributed by atoms with E-state index >= 15 is 0 Å². The zero-order chi connectivity index (χ0) is 20.9. The van der Waals surface area contributed by atoms with Crippen LogP contribution in [0.15, 0.2) is 65.3 Å². The zero-order valence-corrected chi connectivity index (χ0v) is 17.6. The van der Waals surface area contributed by atoms with Crippen molar-refractivity contribution in [3.63, 3.8) is 0 Å². The molecule has 2 aromatic carbocycles. The van der Waals surface area contributed by atoms with E-state index in [9.17, 15) is 4.79 Å². The molecule has 0 aliphatic carbocycles. The third-order valence-corrected chi connectivity index (χ3v) is 5.89. The van der Waals surface area contributed by atoms with Crippen molar-refractivity contribution in [1.82, 2.24) is 4.98 Å². The van der Waals surface area contributed by atoms with Crippen LogP contribution >= 0.6 is 11.3 Å². The first-order valence-corrected chi connectivity index (χ1v) is 10.4. The Labute approximate surface area is 178 Å². The largest absolute Gasteiger partial charge is 0.495 e. The van der Waals surface area contributed by atoms with Crippen molar-refractivity contribution in [2.75, 3.05) is 19.1 Å². The molecule has 0 unspecified atom stereocenters. The smallest absolute Gasteiger partial charge is 0.229 e. The first kappa shape index (κ1) is 20.0. The van der Waals surface area contributed by atoms with E-state index in [1.807, 2.05) is 54.6 Å². The monoisotopic (exact) mass is 422 g/mol. The normalized spacial score (nSPS) is 10.9. The molecule has 154 valence electrons. The van der Waals surface area contributed by atoms with Gasteiger partial charge < -0.3 is 13.9 Å². The molecule has 1 amide bonds. The van der Waals surface area contributed by atoms with Crippen molar-refractivity contribution in [2.45, 2.75) is 19.4 Å². The van der Waals surface area contributed by atoms with E-state index in [1.54, 1.807) is 25.4 Å². The maximum atomic E-state index is 13.2. The average Bonchev–Trinajstić information content (AvgIpc) is 3.45. The maximum Gasteiger partial charge on any atom is 0.229 e. The van der Waals surface area contributed by atoms with Gasteiger partial charge in [0.25, 0.3) is 0 Å². The topological polar surface area (TPSA) is 64.8 Å². The second-order valence-corrected chi connectivity index (χ2v) is 7.67. The number of methoxy groups -OCH3 is 2. The van der Waals surface area contributed by atoms with Gasteiger partial charge in [-0.05, 0) is 36.2 Å². The number of rotatable bonds is 8. The number of thiazole rings is 1. The van der Waals surface area contributed by atoms with Crippen molar-refractivity contribution < 1.29 is 18.7 Å². The molecule has 0 spiro atoms. The van der Waals surface area contributed by atoms with Crippen LogP contribution in [0.25, 0.3) is 10.2 Å². The van der Waals surface area contributed by atoms with Gasteiger partial charge in [0.1, 0.15) is 27.5 Å². The Morgan fingerprint density at radius 1 is 1.03 bits per heavy atom. The molecule has 4 aromatic rings. The minimum absolute atomic E-state index is 0.0211. The van der Waals surface area contributed by atoms with Crippen LogP contribution in [0.1, 0.15) is 17.7 Å². The summed E-state index contributed by atoms with van der Waals surface area (Å²) in [5, 5.41) is 0.585. The summed E-state index contributed by atoms with van der Waals surface area (Å²) in [5.41, 5.74) is 1.80. The van der Waals surface area contributed by atoms with Gasteiger partial charge in [-0.2, -0.15) is 0 Å². The minimum atomic E-state index is -0.0211. The van der Waals surface area contributed by atoms with E-state index in [4.69, 9.17) is 18.9 Å². The van der Waals surface area contributed by atoms with Crippen molar-refractivity contribution in [1.29, 1.82) is 0 Å². The molecule has 0 fully saturated rings. The lowest BCUT2D eigenvalue weighted by Gasteiger charge is -2.18. The van der Waals surface area contributed by atoms with E-state index in [2.05, 4.69) is 0 Å². The molecule has 0 N–H and O–H groups in total. The molecule has 0 radical (unpaired) electrons. The van der Waals surface area contributed by atoms with Gasteiger partial charge in [0.05, 0.1) is 27.0 Å². The second-order valence-electron chi connectivity index (χ2n) is 6.69. The number of aromatic nitrogens is 1. The Hall–Kier alpha value is -3.32. The number of hydrogen-bond acceptors (Lipinski definition) is 6. The lowest BCUT2D eigenvalue weighted by Crippen LogP contribution is -2.30. The molecule has 0 saturated heterocycles. The van der Waals surface area contributed by atoms with E-state index in [-0.39, 0.29) is 5.91 Å². The van der Waals surface area contributed by atoms with Crippen molar-refractivity contribution in [3.05, 3.63) is 72.2 Å². The number of nitrogens with zero attached hydrogens (tertiary/aromatic N) is 2. The summed E-state index contributed by atoms with van der Waals surface area (Å²) in [7, 11) is 3.22. The Kier molecular flexibility index (Phi) is 5.99. The fourth-order valence-corrected chi connectivity index (χ4v) is 4.33. The quantitative estimate of drug-likeness (QED) is 0.397. The van der Waals surface area contributed by atoms with Crippen LogP contribution in [0.2, 0.25) is 0 Å². The molecular weight excluding hydrogens is 400 g/mol. The highest BCUT2D eigenvalue weighted by molar-refractivity contribution is 7.22. The van der Waals surface area contributed by atoms with Gasteiger partial charge >= 0.3 is 0 Å². The average molecular weight is 423 g/mol. The van der Waals surface area contributed by atoms with E-state index < -0.39 is 0 Å². The van der Waals surface area contributed by atoms with Crippen LogP contribution in [0, 0.1) is 0 Å². The third kappa shape index (κ3) is 4.16. The highest BCUT2D eigenvalue weighted by atomic mass is 32.1. The predicted octanol–water partition coefficient (Wildman–Crippen LogP) is 5.07. The lowest BCUT2D eigenvalue weighted by molar-refractivity contribution is -0.118. The standard InChI is InChI=1S/C23H22N2O4S/c1-27-18-11-12-19(28-2)22-21(18)24-23(30-22)25(15-17-9-6-14-29-17)20(26)13-10-16-7-4-3-5-8-16/h3-9,11-12,14H,10,13,15H2,1-2H3. The number of ether oxygens (including phenoxy) is 2. The molecule has 2 aromatic heterocycles. The van der Waals surface area contributed by atoms with Gasteiger partial charge in [-0.25, -0.2) is 4.98 Å². The molecule has 0 saturated carbocycles. The number of furan rings is 1. The number of hydrogen-bond donors (Lipinski definition) is 0. The highest BCUT2D eigenvalue weighted by Gasteiger charge is 2.23. The number of carbonyl (C=O) groups is 1. The van der Waals surface area contributed by atoms with Gasteiger partial charge in [-0.3, -0.25) is 9.69 Å². The Balaban J connectivity index is 1.67. The second kappa shape index (κ2) is 9.00. The molecule has 6 nitrogen and oxygen atoms in total. The summed E-state index contributed by atoms with van der Waals surface area (Å²) < 4.78 is 17.3. The minimum Gasteiger partial charge on any atom is -0.495 e. The van der Waals surface area contributed by atoms with E-state index in [1.165, 1.54) is 11.3 Å². The van der Waals surface area contributed by atoms with Gasteiger partial charge in [-0.1, -0.05) is 41.7 Å².